The highest BCUT2D eigenvalue weighted by Crippen LogP contribution is 2.27. The molecular formula is C11H16N2O2. The molecular weight excluding hydrogens is 192 g/mol. The van der Waals surface area contributed by atoms with Crippen LogP contribution in [0, 0.1) is 5.41 Å². The molecule has 0 spiro atoms. The fourth-order valence-electron chi connectivity index (χ4n) is 1.24. The lowest BCUT2D eigenvalue weighted by molar-refractivity contribution is 0.355. The Kier molecular flexibility index (Phi) is 3.55. The van der Waals surface area contributed by atoms with Gasteiger partial charge in [-0.2, -0.15) is 0 Å². The van der Waals surface area contributed by atoms with E-state index in [0.717, 1.165) is 5.56 Å². The van der Waals surface area contributed by atoms with Gasteiger partial charge in [0, 0.05) is 19.7 Å². The molecule has 0 aliphatic heterocycles. The molecule has 0 saturated heterocycles. The Morgan fingerprint density at radius 2 is 1.73 bits per heavy atom. The molecule has 1 aromatic carbocycles. The highest BCUT2D eigenvalue weighted by atomic mass is 16.5. The van der Waals surface area contributed by atoms with Crippen LogP contribution in [0.15, 0.2) is 18.2 Å². The summed E-state index contributed by atoms with van der Waals surface area (Å²) in [7, 11) is 6.84. The number of rotatable bonds is 3. The van der Waals surface area contributed by atoms with Gasteiger partial charge in [0.2, 0.25) is 0 Å². The summed E-state index contributed by atoms with van der Waals surface area (Å²) >= 11 is 0. The Balaban J connectivity index is 3.08. The number of ether oxygens (including phenoxy) is 2. The summed E-state index contributed by atoms with van der Waals surface area (Å²) in [4.78, 5) is 1.74. The van der Waals surface area contributed by atoms with Gasteiger partial charge in [-0.3, -0.25) is 5.41 Å². The van der Waals surface area contributed by atoms with E-state index < -0.39 is 0 Å². The summed E-state index contributed by atoms with van der Waals surface area (Å²) in [5, 5.41) is 7.81. The molecule has 1 N–H and O–H groups in total. The molecule has 82 valence electrons. The van der Waals surface area contributed by atoms with Crippen molar-refractivity contribution in [3.8, 4) is 11.5 Å². The van der Waals surface area contributed by atoms with Gasteiger partial charge in [0.1, 0.15) is 5.84 Å². The van der Waals surface area contributed by atoms with Gasteiger partial charge < -0.3 is 14.4 Å². The van der Waals surface area contributed by atoms with Crippen molar-refractivity contribution in [3.63, 3.8) is 0 Å². The van der Waals surface area contributed by atoms with E-state index in [9.17, 15) is 0 Å². The molecule has 0 heterocycles. The number of methoxy groups -OCH3 is 2. The maximum atomic E-state index is 7.81. The third kappa shape index (κ3) is 2.40. The minimum Gasteiger partial charge on any atom is -0.493 e. The van der Waals surface area contributed by atoms with Crippen molar-refractivity contribution in [1.82, 2.24) is 4.90 Å². The predicted octanol–water partition coefficient (Wildman–Crippen LogP) is 1.59. The largest absolute Gasteiger partial charge is 0.493 e. The fraction of sp³-hybridized carbons (Fsp3) is 0.364. The van der Waals surface area contributed by atoms with Crippen LogP contribution in [0.2, 0.25) is 0 Å². The minimum atomic E-state index is 0.441. The molecule has 0 aliphatic rings. The van der Waals surface area contributed by atoms with Crippen LogP contribution in [-0.4, -0.2) is 39.1 Å². The Labute approximate surface area is 89.9 Å². The van der Waals surface area contributed by atoms with E-state index in [2.05, 4.69) is 0 Å². The Morgan fingerprint density at radius 3 is 2.20 bits per heavy atom. The molecule has 0 saturated carbocycles. The maximum Gasteiger partial charge on any atom is 0.161 e. The van der Waals surface area contributed by atoms with Gasteiger partial charge in [0.25, 0.3) is 0 Å². The molecule has 15 heavy (non-hydrogen) atoms. The Hall–Kier alpha value is -1.71. The van der Waals surface area contributed by atoms with Crippen LogP contribution in [0.25, 0.3) is 0 Å². The van der Waals surface area contributed by atoms with Gasteiger partial charge >= 0.3 is 0 Å². The molecule has 0 amide bonds. The highest BCUT2D eigenvalue weighted by molar-refractivity contribution is 5.96. The van der Waals surface area contributed by atoms with Gasteiger partial charge in [-0.15, -0.1) is 0 Å². The summed E-state index contributed by atoms with van der Waals surface area (Å²) in [5.41, 5.74) is 0.803. The van der Waals surface area contributed by atoms with Crippen molar-refractivity contribution in [3.05, 3.63) is 23.8 Å². The van der Waals surface area contributed by atoms with Crippen LogP contribution < -0.4 is 9.47 Å². The first kappa shape index (κ1) is 11.4. The Bertz CT molecular complexity index is 362. The molecule has 0 aromatic heterocycles. The molecule has 0 bridgehead atoms. The van der Waals surface area contributed by atoms with Crippen molar-refractivity contribution in [2.24, 2.45) is 0 Å². The SMILES string of the molecule is COc1ccc(C(=N)N(C)C)cc1OC. The first-order valence-electron chi connectivity index (χ1n) is 4.58. The van der Waals surface area contributed by atoms with E-state index >= 15 is 0 Å². The van der Waals surface area contributed by atoms with Crippen LogP contribution >= 0.6 is 0 Å². The van der Waals surface area contributed by atoms with Crippen molar-refractivity contribution in [1.29, 1.82) is 5.41 Å². The summed E-state index contributed by atoms with van der Waals surface area (Å²) in [5.74, 6) is 1.75. The van der Waals surface area contributed by atoms with Crippen molar-refractivity contribution < 1.29 is 9.47 Å². The van der Waals surface area contributed by atoms with Gasteiger partial charge in [0.15, 0.2) is 11.5 Å². The van der Waals surface area contributed by atoms with Crippen molar-refractivity contribution in [2.45, 2.75) is 0 Å². The monoisotopic (exact) mass is 208 g/mol. The molecule has 0 fully saturated rings. The van der Waals surface area contributed by atoms with Crippen molar-refractivity contribution in [2.75, 3.05) is 28.3 Å². The third-order valence-electron chi connectivity index (χ3n) is 2.10. The van der Waals surface area contributed by atoms with E-state index in [1.807, 2.05) is 20.2 Å². The second kappa shape index (κ2) is 4.68. The van der Waals surface area contributed by atoms with E-state index in [1.54, 1.807) is 31.3 Å². The minimum absolute atomic E-state index is 0.441. The summed E-state index contributed by atoms with van der Waals surface area (Å²) in [6, 6.07) is 5.43. The summed E-state index contributed by atoms with van der Waals surface area (Å²) in [6.45, 7) is 0. The smallest absolute Gasteiger partial charge is 0.161 e. The van der Waals surface area contributed by atoms with Gasteiger partial charge in [-0.05, 0) is 18.2 Å². The quantitative estimate of drug-likeness (QED) is 0.606. The number of nitrogens with zero attached hydrogens (tertiary/aromatic N) is 1. The van der Waals surface area contributed by atoms with E-state index in [-0.39, 0.29) is 0 Å². The third-order valence-corrected chi connectivity index (χ3v) is 2.10. The topological polar surface area (TPSA) is 45.5 Å². The molecule has 1 aromatic rings. The molecule has 0 atom stereocenters. The zero-order valence-electron chi connectivity index (χ0n) is 9.50. The fourth-order valence-corrected chi connectivity index (χ4v) is 1.24. The zero-order chi connectivity index (χ0) is 11.4. The number of hydrogen-bond acceptors (Lipinski definition) is 3. The van der Waals surface area contributed by atoms with Gasteiger partial charge in [-0.25, -0.2) is 0 Å². The van der Waals surface area contributed by atoms with Crippen LogP contribution in [-0.2, 0) is 0 Å². The number of amidine groups is 1. The lowest BCUT2D eigenvalue weighted by Crippen LogP contribution is -2.21. The van der Waals surface area contributed by atoms with E-state index in [0.29, 0.717) is 17.3 Å². The summed E-state index contributed by atoms with van der Waals surface area (Å²) < 4.78 is 10.3. The molecule has 0 aliphatic carbocycles. The van der Waals surface area contributed by atoms with Crippen LogP contribution in [0.3, 0.4) is 0 Å². The Morgan fingerprint density at radius 1 is 1.13 bits per heavy atom. The van der Waals surface area contributed by atoms with Gasteiger partial charge in [0.05, 0.1) is 14.2 Å². The lowest BCUT2D eigenvalue weighted by atomic mass is 10.1. The van der Waals surface area contributed by atoms with Crippen LogP contribution in [0.1, 0.15) is 5.56 Å². The average molecular weight is 208 g/mol. The number of hydrogen-bond donors (Lipinski definition) is 1. The first-order valence-corrected chi connectivity index (χ1v) is 4.58. The highest BCUT2D eigenvalue weighted by Gasteiger charge is 2.08. The second-order valence-electron chi connectivity index (χ2n) is 3.31. The van der Waals surface area contributed by atoms with Gasteiger partial charge in [-0.1, -0.05) is 0 Å². The molecule has 4 heteroatoms. The average Bonchev–Trinajstić information content (AvgIpc) is 2.26. The number of benzene rings is 1. The second-order valence-corrected chi connectivity index (χ2v) is 3.31. The van der Waals surface area contributed by atoms with Crippen molar-refractivity contribution >= 4 is 5.84 Å². The van der Waals surface area contributed by atoms with E-state index in [1.165, 1.54) is 0 Å². The van der Waals surface area contributed by atoms with Crippen LogP contribution in [0.5, 0.6) is 11.5 Å². The molecule has 0 unspecified atom stereocenters. The normalized spacial score (nSPS) is 9.60. The maximum absolute atomic E-state index is 7.81. The zero-order valence-corrected chi connectivity index (χ0v) is 9.50. The standard InChI is InChI=1S/C11H16N2O2/c1-13(2)11(12)8-5-6-9(14-3)10(7-8)15-4/h5-7,12H,1-4H3. The number of nitrogens with one attached hydrogen (secondary N) is 1. The molecule has 0 radical (unpaired) electrons. The van der Waals surface area contributed by atoms with E-state index in [4.69, 9.17) is 14.9 Å². The first-order chi connectivity index (χ1) is 7.10. The lowest BCUT2D eigenvalue weighted by Gasteiger charge is -2.15. The van der Waals surface area contributed by atoms with Crippen LogP contribution in [0.4, 0.5) is 0 Å². The predicted molar refractivity (Wildman–Crippen MR) is 60.1 cm³/mol. The summed E-state index contributed by atoms with van der Waals surface area (Å²) in [6.07, 6.45) is 0. The molecule has 1 rings (SSSR count). The molecule has 4 nitrogen and oxygen atoms in total.